The summed E-state index contributed by atoms with van der Waals surface area (Å²) >= 11 is 0. The fraction of sp³-hybridized carbons (Fsp3) is 0.500. The van der Waals surface area contributed by atoms with E-state index in [2.05, 4.69) is 5.32 Å². The first-order valence-electron chi connectivity index (χ1n) is 5.72. The molecule has 0 amide bonds. The molecule has 0 bridgehead atoms. The van der Waals surface area contributed by atoms with Gasteiger partial charge in [-0.3, -0.25) is 0 Å². The van der Waals surface area contributed by atoms with E-state index < -0.39 is 16.3 Å². The smallest absolute Gasteiger partial charge is 0.263 e. The predicted octanol–water partition coefficient (Wildman–Crippen LogP) is 2.15. The molecule has 1 aromatic rings. The van der Waals surface area contributed by atoms with Gasteiger partial charge in [0.2, 0.25) is 0 Å². The molecule has 0 aromatic heterocycles. The van der Waals surface area contributed by atoms with Gasteiger partial charge < -0.3 is 5.32 Å². The van der Waals surface area contributed by atoms with Gasteiger partial charge in [0.05, 0.1) is 5.75 Å². The first-order valence-corrected chi connectivity index (χ1v) is 7.55. The Morgan fingerprint density at radius 1 is 1.22 bits per heavy atom. The summed E-state index contributed by atoms with van der Waals surface area (Å²) in [6, 6.07) is 5.99. The van der Waals surface area contributed by atoms with Gasteiger partial charge in [-0.25, -0.2) is 17.2 Å². The average molecular weight is 277 g/mol. The maximum atomic E-state index is 12.3. The van der Waals surface area contributed by atoms with Crippen LogP contribution in [0, 0.1) is 0 Å². The summed E-state index contributed by atoms with van der Waals surface area (Å²) in [7, 11) is -2.95. The molecular weight excluding hydrogens is 260 g/mol. The number of alkyl halides is 2. The lowest BCUT2D eigenvalue weighted by Gasteiger charge is -2.06. The van der Waals surface area contributed by atoms with Crippen molar-refractivity contribution >= 4 is 9.84 Å². The molecule has 6 heteroatoms. The van der Waals surface area contributed by atoms with Crippen LogP contribution in [0.2, 0.25) is 0 Å². The van der Waals surface area contributed by atoms with Crippen LogP contribution in [0.4, 0.5) is 8.78 Å². The molecule has 0 heterocycles. The topological polar surface area (TPSA) is 46.2 Å². The van der Waals surface area contributed by atoms with E-state index in [-0.39, 0.29) is 17.1 Å². The minimum Gasteiger partial charge on any atom is -0.312 e. The Labute approximate surface area is 106 Å². The lowest BCUT2D eigenvalue weighted by atomic mass is 10.1. The molecular formula is C12H17F2NO2S. The molecule has 1 rings (SSSR count). The fourth-order valence-electron chi connectivity index (χ4n) is 1.39. The molecule has 102 valence electrons. The molecule has 0 aliphatic rings. The lowest BCUT2D eigenvalue weighted by Crippen LogP contribution is -2.23. The quantitative estimate of drug-likeness (QED) is 0.777. The Balaban J connectivity index is 2.36. The molecule has 3 nitrogen and oxygen atoms in total. The van der Waals surface area contributed by atoms with E-state index in [1.807, 2.05) is 0 Å². The summed E-state index contributed by atoms with van der Waals surface area (Å²) in [6.07, 6.45) is -2.46. The van der Waals surface area contributed by atoms with Gasteiger partial charge in [0.15, 0.2) is 9.84 Å². The van der Waals surface area contributed by atoms with Crippen molar-refractivity contribution in [1.29, 1.82) is 0 Å². The number of hydrogen-bond donors (Lipinski definition) is 1. The predicted molar refractivity (Wildman–Crippen MR) is 67.4 cm³/mol. The highest BCUT2D eigenvalue weighted by atomic mass is 32.2. The molecule has 18 heavy (non-hydrogen) atoms. The number of halogens is 2. The van der Waals surface area contributed by atoms with E-state index in [0.29, 0.717) is 13.1 Å². The average Bonchev–Trinajstić information content (AvgIpc) is 2.35. The minimum atomic E-state index is -2.95. The Hall–Kier alpha value is -1.01. The van der Waals surface area contributed by atoms with Crippen LogP contribution in [-0.4, -0.2) is 26.5 Å². The second-order valence-corrected chi connectivity index (χ2v) is 6.43. The van der Waals surface area contributed by atoms with Gasteiger partial charge in [-0.2, -0.15) is 0 Å². The third-order valence-corrected chi connectivity index (χ3v) is 4.30. The van der Waals surface area contributed by atoms with Crippen LogP contribution in [0.1, 0.15) is 24.5 Å². The Morgan fingerprint density at radius 2 is 1.83 bits per heavy atom. The van der Waals surface area contributed by atoms with Gasteiger partial charge in [-0.05, 0) is 5.56 Å². The first-order chi connectivity index (χ1) is 8.44. The molecule has 1 N–H and O–H groups in total. The molecule has 0 radical (unpaired) electrons. The third kappa shape index (κ3) is 5.10. The number of sulfone groups is 1. The maximum Gasteiger partial charge on any atom is 0.263 e. The zero-order chi connectivity index (χ0) is 13.6. The van der Waals surface area contributed by atoms with E-state index in [1.54, 1.807) is 19.1 Å². The SMILES string of the molecule is CCS(=O)(=O)CCNCc1ccc(C(F)F)cc1. The Kier molecular flexibility index (Phi) is 5.68. The van der Waals surface area contributed by atoms with Crippen LogP contribution in [0.5, 0.6) is 0 Å². The van der Waals surface area contributed by atoms with Gasteiger partial charge in [0.25, 0.3) is 6.43 Å². The van der Waals surface area contributed by atoms with E-state index in [1.165, 1.54) is 12.1 Å². The third-order valence-electron chi connectivity index (χ3n) is 2.59. The molecule has 0 fully saturated rings. The summed E-state index contributed by atoms with van der Waals surface area (Å²) < 4.78 is 47.0. The molecule has 0 saturated heterocycles. The first kappa shape index (κ1) is 15.0. The lowest BCUT2D eigenvalue weighted by molar-refractivity contribution is 0.151. The number of benzene rings is 1. The molecule has 0 spiro atoms. The van der Waals surface area contributed by atoms with Crippen LogP contribution in [0.25, 0.3) is 0 Å². The van der Waals surface area contributed by atoms with Crippen molar-refractivity contribution in [3.63, 3.8) is 0 Å². The maximum absolute atomic E-state index is 12.3. The normalized spacial score (nSPS) is 12.0. The van der Waals surface area contributed by atoms with Crippen LogP contribution in [0.3, 0.4) is 0 Å². The summed E-state index contributed by atoms with van der Waals surface area (Å²) in [4.78, 5) is 0. The standard InChI is InChI=1S/C12H17F2NO2S/c1-2-18(16,17)8-7-15-9-10-3-5-11(6-4-10)12(13)14/h3-6,12,15H,2,7-9H2,1H3. The Bertz CT molecular complexity index is 457. The van der Waals surface area contributed by atoms with Crippen molar-refractivity contribution in [2.75, 3.05) is 18.1 Å². The van der Waals surface area contributed by atoms with Gasteiger partial charge in [0.1, 0.15) is 0 Å². The molecule has 1 aromatic carbocycles. The van der Waals surface area contributed by atoms with Crippen LogP contribution in [-0.2, 0) is 16.4 Å². The van der Waals surface area contributed by atoms with Crippen molar-refractivity contribution in [1.82, 2.24) is 5.32 Å². The van der Waals surface area contributed by atoms with Crippen molar-refractivity contribution in [3.8, 4) is 0 Å². The summed E-state index contributed by atoms with van der Waals surface area (Å²) in [5.41, 5.74) is 0.848. The second-order valence-electron chi connectivity index (χ2n) is 3.96. The summed E-state index contributed by atoms with van der Waals surface area (Å²) in [5.74, 6) is 0.233. The second kappa shape index (κ2) is 6.80. The molecule has 0 atom stereocenters. The van der Waals surface area contributed by atoms with E-state index in [0.717, 1.165) is 5.56 Å². The van der Waals surface area contributed by atoms with Crippen molar-refractivity contribution in [2.45, 2.75) is 19.9 Å². The summed E-state index contributed by atoms with van der Waals surface area (Å²) in [6.45, 7) is 2.45. The van der Waals surface area contributed by atoms with E-state index in [4.69, 9.17) is 0 Å². The van der Waals surface area contributed by atoms with E-state index >= 15 is 0 Å². The zero-order valence-electron chi connectivity index (χ0n) is 10.2. The molecule has 0 unspecified atom stereocenters. The highest BCUT2D eigenvalue weighted by Gasteiger charge is 2.07. The molecule has 0 aliphatic carbocycles. The van der Waals surface area contributed by atoms with Gasteiger partial charge >= 0.3 is 0 Å². The number of rotatable bonds is 7. The highest BCUT2D eigenvalue weighted by molar-refractivity contribution is 7.91. The zero-order valence-corrected chi connectivity index (χ0v) is 11.0. The van der Waals surface area contributed by atoms with E-state index in [9.17, 15) is 17.2 Å². The van der Waals surface area contributed by atoms with Gasteiger partial charge in [-0.15, -0.1) is 0 Å². The minimum absolute atomic E-state index is 0.00712. The largest absolute Gasteiger partial charge is 0.312 e. The van der Waals surface area contributed by atoms with Crippen LogP contribution >= 0.6 is 0 Å². The summed E-state index contributed by atoms with van der Waals surface area (Å²) in [5, 5.41) is 2.97. The van der Waals surface area contributed by atoms with Gasteiger partial charge in [-0.1, -0.05) is 31.2 Å². The number of nitrogens with one attached hydrogen (secondary N) is 1. The van der Waals surface area contributed by atoms with Crippen molar-refractivity contribution in [3.05, 3.63) is 35.4 Å². The number of hydrogen-bond acceptors (Lipinski definition) is 3. The molecule has 0 aliphatic heterocycles. The Morgan fingerprint density at radius 3 is 2.33 bits per heavy atom. The van der Waals surface area contributed by atoms with Crippen molar-refractivity contribution in [2.24, 2.45) is 0 Å². The van der Waals surface area contributed by atoms with Crippen molar-refractivity contribution < 1.29 is 17.2 Å². The van der Waals surface area contributed by atoms with Gasteiger partial charge in [0, 0.05) is 24.4 Å². The van der Waals surface area contributed by atoms with Crippen LogP contribution < -0.4 is 5.32 Å². The molecule has 0 saturated carbocycles. The monoisotopic (exact) mass is 277 g/mol. The van der Waals surface area contributed by atoms with Crippen LogP contribution in [0.15, 0.2) is 24.3 Å². The fourth-order valence-corrected chi connectivity index (χ4v) is 2.13. The highest BCUT2D eigenvalue weighted by Crippen LogP contribution is 2.18.